The van der Waals surface area contributed by atoms with Crippen molar-refractivity contribution in [2.24, 2.45) is 0 Å². The van der Waals surface area contributed by atoms with Gasteiger partial charge in [-0.05, 0) is 13.1 Å². The van der Waals surface area contributed by atoms with Crippen LogP contribution in [0, 0.1) is 0 Å². The average molecular weight is 281 g/mol. The summed E-state index contributed by atoms with van der Waals surface area (Å²) in [5.41, 5.74) is -1.18. The first-order valence-electron chi connectivity index (χ1n) is 4.35. The smallest absolute Gasteiger partial charge is 0.345 e. The van der Waals surface area contributed by atoms with E-state index >= 15 is 0 Å². The molecular weight excluding hydrogens is 272 g/mol. The molecule has 0 amide bonds. The number of rotatable bonds is 4. The number of aromatic nitrogens is 1. The maximum absolute atomic E-state index is 11.4. The molecule has 0 aromatic carbocycles. The highest BCUT2D eigenvalue weighted by molar-refractivity contribution is 8.13. The molecule has 0 radical (unpaired) electrons. The molecule has 0 aliphatic heterocycles. The lowest BCUT2D eigenvalue weighted by atomic mass is 10.3. The third-order valence-corrected chi connectivity index (χ3v) is 3.06. The fourth-order valence-electron chi connectivity index (χ4n) is 0.972. The molecule has 2 N–H and O–H groups in total. The zero-order valence-electron chi connectivity index (χ0n) is 8.69. The third kappa shape index (κ3) is 3.55. The standard InChI is InChI=1S/C8H9ClN2O5S/c1-10-4-16-8(13)6-2-5(17(9,14)15)3-11-7(6)12/h2-3,10H,4H2,1H3,(H,11,12). The van der Waals surface area contributed by atoms with E-state index in [1.54, 1.807) is 0 Å². The Hall–Kier alpha value is -1.38. The van der Waals surface area contributed by atoms with Crippen molar-refractivity contribution in [1.82, 2.24) is 10.3 Å². The lowest BCUT2D eigenvalue weighted by Crippen LogP contribution is -2.23. The Bertz CT molecular complexity index is 580. The van der Waals surface area contributed by atoms with E-state index in [1.165, 1.54) is 7.05 Å². The summed E-state index contributed by atoms with van der Waals surface area (Å²) < 4.78 is 26.6. The zero-order valence-corrected chi connectivity index (χ0v) is 10.3. The number of H-pyrrole nitrogens is 1. The first-order chi connectivity index (χ1) is 7.86. The van der Waals surface area contributed by atoms with Crippen LogP contribution in [0.3, 0.4) is 0 Å². The first kappa shape index (κ1) is 13.7. The third-order valence-electron chi connectivity index (χ3n) is 1.73. The molecule has 9 heteroatoms. The number of nitrogens with one attached hydrogen (secondary N) is 2. The van der Waals surface area contributed by atoms with Gasteiger partial charge in [0.2, 0.25) is 0 Å². The number of esters is 1. The second-order valence-corrected chi connectivity index (χ2v) is 5.51. The molecule has 0 atom stereocenters. The van der Waals surface area contributed by atoms with Gasteiger partial charge in [-0.2, -0.15) is 0 Å². The van der Waals surface area contributed by atoms with Crippen molar-refractivity contribution in [2.75, 3.05) is 13.8 Å². The molecule has 1 aromatic heterocycles. The number of aromatic amines is 1. The van der Waals surface area contributed by atoms with Crippen molar-refractivity contribution in [3.8, 4) is 0 Å². The van der Waals surface area contributed by atoms with E-state index in [0.29, 0.717) is 0 Å². The highest BCUT2D eigenvalue weighted by Crippen LogP contribution is 2.13. The van der Waals surface area contributed by atoms with E-state index in [1.807, 2.05) is 0 Å². The van der Waals surface area contributed by atoms with Gasteiger partial charge in [-0.25, -0.2) is 13.2 Å². The van der Waals surface area contributed by atoms with Crippen LogP contribution in [0.25, 0.3) is 0 Å². The number of pyridine rings is 1. The van der Waals surface area contributed by atoms with Crippen LogP contribution in [0.2, 0.25) is 0 Å². The van der Waals surface area contributed by atoms with Crippen LogP contribution in [-0.4, -0.2) is 33.1 Å². The fraction of sp³-hybridized carbons (Fsp3) is 0.250. The van der Waals surface area contributed by atoms with Crippen molar-refractivity contribution in [1.29, 1.82) is 0 Å². The second kappa shape index (κ2) is 5.30. The van der Waals surface area contributed by atoms with E-state index in [4.69, 9.17) is 10.7 Å². The highest BCUT2D eigenvalue weighted by atomic mass is 35.7. The molecule has 0 spiro atoms. The molecule has 7 nitrogen and oxygen atoms in total. The Kier molecular flexibility index (Phi) is 4.27. The van der Waals surface area contributed by atoms with E-state index < -0.39 is 26.1 Å². The van der Waals surface area contributed by atoms with Gasteiger partial charge >= 0.3 is 5.97 Å². The van der Waals surface area contributed by atoms with Gasteiger partial charge in [0.25, 0.3) is 14.6 Å². The SMILES string of the molecule is CNCOC(=O)c1cc(S(=O)(=O)Cl)c[nH]c1=O. The van der Waals surface area contributed by atoms with E-state index in [9.17, 15) is 18.0 Å². The quantitative estimate of drug-likeness (QED) is 0.443. The van der Waals surface area contributed by atoms with Gasteiger partial charge in [0.05, 0.1) is 4.90 Å². The lowest BCUT2D eigenvalue weighted by molar-refractivity contribution is 0.0479. The van der Waals surface area contributed by atoms with E-state index in [-0.39, 0.29) is 11.6 Å². The minimum Gasteiger partial charge on any atom is -0.446 e. The summed E-state index contributed by atoms with van der Waals surface area (Å²) in [5.74, 6) is -0.942. The topological polar surface area (TPSA) is 105 Å². The zero-order chi connectivity index (χ0) is 13.1. The predicted molar refractivity (Wildman–Crippen MR) is 59.4 cm³/mol. The molecule has 0 saturated heterocycles. The molecule has 1 rings (SSSR count). The van der Waals surface area contributed by atoms with Crippen molar-refractivity contribution >= 4 is 25.7 Å². The number of hydrogen-bond donors (Lipinski definition) is 2. The Morgan fingerprint density at radius 2 is 2.24 bits per heavy atom. The van der Waals surface area contributed by atoms with Crippen LogP contribution in [-0.2, 0) is 13.8 Å². The maximum Gasteiger partial charge on any atom is 0.345 e. The molecule has 0 fully saturated rings. The minimum atomic E-state index is -4.02. The molecule has 0 aliphatic rings. The summed E-state index contributed by atoms with van der Waals surface area (Å²) in [7, 11) is 2.60. The summed E-state index contributed by atoms with van der Waals surface area (Å²) >= 11 is 0. The van der Waals surface area contributed by atoms with Crippen LogP contribution in [0.4, 0.5) is 0 Å². The van der Waals surface area contributed by atoms with Crippen LogP contribution >= 0.6 is 10.7 Å². The molecule has 0 bridgehead atoms. The summed E-state index contributed by atoms with van der Waals surface area (Å²) in [6.45, 7) is -0.101. The van der Waals surface area contributed by atoms with E-state index in [2.05, 4.69) is 15.0 Å². The second-order valence-electron chi connectivity index (χ2n) is 2.95. The lowest BCUT2D eigenvalue weighted by Gasteiger charge is -2.03. The minimum absolute atomic E-state index is 0.101. The van der Waals surface area contributed by atoms with E-state index in [0.717, 1.165) is 12.3 Å². The van der Waals surface area contributed by atoms with Gasteiger partial charge in [0, 0.05) is 16.9 Å². The van der Waals surface area contributed by atoms with Crippen molar-refractivity contribution < 1.29 is 17.9 Å². The van der Waals surface area contributed by atoms with Gasteiger partial charge in [-0.3, -0.25) is 10.1 Å². The van der Waals surface area contributed by atoms with Crippen molar-refractivity contribution in [3.63, 3.8) is 0 Å². The molecule has 1 aromatic rings. The maximum atomic E-state index is 11.4. The van der Waals surface area contributed by atoms with Crippen LogP contribution in [0.1, 0.15) is 10.4 Å². The number of hydrogen-bond acceptors (Lipinski definition) is 6. The first-order valence-corrected chi connectivity index (χ1v) is 6.66. The number of halogens is 1. The van der Waals surface area contributed by atoms with Crippen LogP contribution < -0.4 is 10.9 Å². The van der Waals surface area contributed by atoms with Crippen LogP contribution in [0.15, 0.2) is 22.0 Å². The van der Waals surface area contributed by atoms with Crippen molar-refractivity contribution in [2.45, 2.75) is 4.90 Å². The number of ether oxygens (including phenoxy) is 1. The Morgan fingerprint density at radius 3 is 2.76 bits per heavy atom. The number of carbonyl (C=O) groups is 1. The Balaban J connectivity index is 3.16. The summed E-state index contributed by atoms with van der Waals surface area (Å²) in [4.78, 5) is 24.4. The summed E-state index contributed by atoms with van der Waals surface area (Å²) in [5, 5.41) is 2.53. The van der Waals surface area contributed by atoms with Crippen LogP contribution in [0.5, 0.6) is 0 Å². The molecular formula is C8H9ClN2O5S. The van der Waals surface area contributed by atoms with Crippen molar-refractivity contribution in [3.05, 3.63) is 28.2 Å². The Morgan fingerprint density at radius 1 is 1.59 bits per heavy atom. The monoisotopic (exact) mass is 280 g/mol. The normalized spacial score (nSPS) is 11.2. The molecule has 0 aliphatic carbocycles. The van der Waals surface area contributed by atoms with Gasteiger partial charge in [0.15, 0.2) is 0 Å². The molecule has 94 valence electrons. The summed E-state index contributed by atoms with van der Waals surface area (Å²) in [6.07, 6.45) is 0.902. The molecule has 1 heterocycles. The predicted octanol–water partition coefficient (Wildman–Crippen LogP) is -0.364. The fourth-order valence-corrected chi connectivity index (χ4v) is 1.70. The van der Waals surface area contributed by atoms with Gasteiger partial charge < -0.3 is 9.72 Å². The molecule has 0 unspecified atom stereocenters. The number of carbonyl (C=O) groups excluding carboxylic acids is 1. The van der Waals surface area contributed by atoms with Gasteiger partial charge in [-0.15, -0.1) is 0 Å². The highest BCUT2D eigenvalue weighted by Gasteiger charge is 2.17. The largest absolute Gasteiger partial charge is 0.446 e. The average Bonchev–Trinajstić information content (AvgIpc) is 2.24. The summed E-state index contributed by atoms with van der Waals surface area (Å²) in [6, 6.07) is 0.860. The Labute approximate surface area is 101 Å². The van der Waals surface area contributed by atoms with Gasteiger partial charge in [-0.1, -0.05) is 0 Å². The molecule has 0 saturated carbocycles. The van der Waals surface area contributed by atoms with Gasteiger partial charge in [0.1, 0.15) is 12.3 Å². The molecule has 17 heavy (non-hydrogen) atoms.